The van der Waals surface area contributed by atoms with Crippen LogP contribution in [0.5, 0.6) is 0 Å². The van der Waals surface area contributed by atoms with Gasteiger partial charge in [-0.3, -0.25) is 4.79 Å². The van der Waals surface area contributed by atoms with E-state index in [0.29, 0.717) is 12.1 Å². The number of imidazole rings is 1. The SMILES string of the molecule is CN(C)Cc1cn(-c2ccccc2C(=O)NCCc2ccc(N(C)C)cc2)cn1. The van der Waals surface area contributed by atoms with Gasteiger partial charge in [0, 0.05) is 39.1 Å². The first-order valence-electron chi connectivity index (χ1n) is 9.75. The number of aromatic nitrogens is 2. The van der Waals surface area contributed by atoms with E-state index >= 15 is 0 Å². The van der Waals surface area contributed by atoms with Crippen molar-refractivity contribution in [3.8, 4) is 5.69 Å². The molecule has 3 rings (SSSR count). The number of rotatable bonds is 8. The summed E-state index contributed by atoms with van der Waals surface area (Å²) in [6.45, 7) is 1.35. The van der Waals surface area contributed by atoms with Crippen LogP contribution < -0.4 is 10.2 Å². The van der Waals surface area contributed by atoms with Gasteiger partial charge in [-0.2, -0.15) is 0 Å². The molecule has 0 aliphatic carbocycles. The van der Waals surface area contributed by atoms with Crippen LogP contribution in [0.25, 0.3) is 5.69 Å². The molecule has 2 aromatic carbocycles. The highest BCUT2D eigenvalue weighted by atomic mass is 16.1. The zero-order valence-electron chi connectivity index (χ0n) is 17.6. The Balaban J connectivity index is 1.64. The minimum atomic E-state index is -0.0756. The largest absolute Gasteiger partial charge is 0.378 e. The highest BCUT2D eigenvalue weighted by molar-refractivity contribution is 5.97. The second-order valence-electron chi connectivity index (χ2n) is 7.59. The van der Waals surface area contributed by atoms with E-state index in [9.17, 15) is 4.79 Å². The van der Waals surface area contributed by atoms with Gasteiger partial charge < -0.3 is 19.7 Å². The van der Waals surface area contributed by atoms with Crippen molar-refractivity contribution >= 4 is 11.6 Å². The smallest absolute Gasteiger partial charge is 0.253 e. The summed E-state index contributed by atoms with van der Waals surface area (Å²) < 4.78 is 1.91. The Morgan fingerprint density at radius 1 is 1.03 bits per heavy atom. The molecule has 0 unspecified atom stereocenters. The van der Waals surface area contributed by atoms with Crippen molar-refractivity contribution in [3.63, 3.8) is 0 Å². The third kappa shape index (κ3) is 5.45. The lowest BCUT2D eigenvalue weighted by Crippen LogP contribution is -2.26. The van der Waals surface area contributed by atoms with Crippen LogP contribution in [0.15, 0.2) is 61.1 Å². The van der Waals surface area contributed by atoms with E-state index in [-0.39, 0.29) is 5.91 Å². The minimum Gasteiger partial charge on any atom is -0.378 e. The number of benzene rings is 2. The zero-order chi connectivity index (χ0) is 20.8. The highest BCUT2D eigenvalue weighted by Crippen LogP contribution is 2.16. The van der Waals surface area contributed by atoms with Gasteiger partial charge in [0.1, 0.15) is 0 Å². The topological polar surface area (TPSA) is 53.4 Å². The molecular weight excluding hydrogens is 362 g/mol. The van der Waals surface area contributed by atoms with E-state index in [1.165, 1.54) is 11.3 Å². The molecule has 0 saturated heterocycles. The number of carbonyl (C=O) groups is 1. The molecule has 0 atom stereocenters. The fourth-order valence-corrected chi connectivity index (χ4v) is 3.17. The molecule has 0 fully saturated rings. The summed E-state index contributed by atoms with van der Waals surface area (Å²) in [5.74, 6) is -0.0756. The number of nitrogens with one attached hydrogen (secondary N) is 1. The molecule has 152 valence electrons. The molecule has 0 saturated carbocycles. The Bertz CT molecular complexity index is 944. The maximum atomic E-state index is 12.8. The Morgan fingerprint density at radius 2 is 1.76 bits per heavy atom. The molecule has 1 amide bonds. The Morgan fingerprint density at radius 3 is 2.45 bits per heavy atom. The normalized spacial score (nSPS) is 10.9. The molecule has 3 aromatic rings. The summed E-state index contributed by atoms with van der Waals surface area (Å²) in [6.07, 6.45) is 4.52. The highest BCUT2D eigenvalue weighted by Gasteiger charge is 2.13. The van der Waals surface area contributed by atoms with E-state index in [4.69, 9.17) is 0 Å². The first-order chi connectivity index (χ1) is 13.9. The summed E-state index contributed by atoms with van der Waals surface area (Å²) in [7, 11) is 8.07. The number of hydrogen-bond acceptors (Lipinski definition) is 4. The number of nitrogens with zero attached hydrogens (tertiary/aromatic N) is 4. The molecule has 0 spiro atoms. The van der Waals surface area contributed by atoms with Gasteiger partial charge in [0.05, 0.1) is 23.3 Å². The number of para-hydroxylation sites is 1. The fourth-order valence-electron chi connectivity index (χ4n) is 3.17. The van der Waals surface area contributed by atoms with Gasteiger partial charge in [-0.25, -0.2) is 4.98 Å². The summed E-state index contributed by atoms with van der Waals surface area (Å²) in [6, 6.07) is 16.0. The standard InChI is InChI=1S/C23H29N5O/c1-26(2)15-19-16-28(17-25-19)22-8-6-5-7-21(22)23(29)24-14-13-18-9-11-20(12-10-18)27(3)4/h5-12,16-17H,13-15H2,1-4H3,(H,24,29). The molecule has 1 aromatic heterocycles. The van der Waals surface area contributed by atoms with Gasteiger partial charge >= 0.3 is 0 Å². The zero-order valence-corrected chi connectivity index (χ0v) is 17.6. The van der Waals surface area contributed by atoms with Crippen LogP contribution >= 0.6 is 0 Å². The minimum absolute atomic E-state index is 0.0756. The van der Waals surface area contributed by atoms with Crippen molar-refractivity contribution in [1.82, 2.24) is 19.8 Å². The van der Waals surface area contributed by atoms with E-state index in [2.05, 4.69) is 44.4 Å². The van der Waals surface area contributed by atoms with Gasteiger partial charge in [0.25, 0.3) is 5.91 Å². The Kier molecular flexibility index (Phi) is 6.67. The fraction of sp³-hybridized carbons (Fsp3) is 0.304. The first kappa shape index (κ1) is 20.6. The summed E-state index contributed by atoms with van der Waals surface area (Å²) in [5.41, 5.74) is 4.81. The average Bonchev–Trinajstić information content (AvgIpc) is 3.16. The first-order valence-corrected chi connectivity index (χ1v) is 9.75. The number of anilines is 1. The molecule has 1 heterocycles. The predicted molar refractivity (Wildman–Crippen MR) is 118 cm³/mol. The van der Waals surface area contributed by atoms with Crippen LogP contribution in [0.4, 0.5) is 5.69 Å². The monoisotopic (exact) mass is 391 g/mol. The van der Waals surface area contributed by atoms with Crippen LogP contribution in [-0.2, 0) is 13.0 Å². The lowest BCUT2D eigenvalue weighted by atomic mass is 10.1. The van der Waals surface area contributed by atoms with E-state index < -0.39 is 0 Å². The number of carbonyl (C=O) groups excluding carboxylic acids is 1. The molecule has 6 heteroatoms. The summed E-state index contributed by atoms with van der Waals surface area (Å²) in [5, 5.41) is 3.04. The van der Waals surface area contributed by atoms with E-state index in [1.54, 1.807) is 6.33 Å². The number of hydrogen-bond donors (Lipinski definition) is 1. The molecule has 1 N–H and O–H groups in total. The molecule has 29 heavy (non-hydrogen) atoms. The molecular formula is C23H29N5O. The Labute approximate surface area is 172 Å². The quantitative estimate of drug-likeness (QED) is 0.641. The lowest BCUT2D eigenvalue weighted by molar-refractivity contribution is 0.0954. The maximum Gasteiger partial charge on any atom is 0.253 e. The van der Waals surface area contributed by atoms with Crippen molar-refractivity contribution in [2.24, 2.45) is 0 Å². The molecule has 0 aliphatic rings. The summed E-state index contributed by atoms with van der Waals surface area (Å²) in [4.78, 5) is 21.4. The van der Waals surface area contributed by atoms with Crippen LogP contribution in [-0.4, -0.2) is 55.1 Å². The van der Waals surface area contributed by atoms with Crippen molar-refractivity contribution in [1.29, 1.82) is 0 Å². The van der Waals surface area contributed by atoms with Gasteiger partial charge in [-0.15, -0.1) is 0 Å². The van der Waals surface area contributed by atoms with Crippen LogP contribution in [0.3, 0.4) is 0 Å². The van der Waals surface area contributed by atoms with E-state index in [1.807, 2.05) is 63.2 Å². The van der Waals surface area contributed by atoms with Crippen molar-refractivity contribution in [2.45, 2.75) is 13.0 Å². The molecule has 0 bridgehead atoms. The van der Waals surface area contributed by atoms with Gasteiger partial charge in [-0.1, -0.05) is 24.3 Å². The van der Waals surface area contributed by atoms with Crippen LogP contribution in [0.2, 0.25) is 0 Å². The summed E-state index contributed by atoms with van der Waals surface area (Å²) >= 11 is 0. The van der Waals surface area contributed by atoms with Crippen molar-refractivity contribution in [2.75, 3.05) is 39.6 Å². The predicted octanol–water partition coefficient (Wildman–Crippen LogP) is 2.97. The maximum absolute atomic E-state index is 12.8. The molecule has 0 aliphatic heterocycles. The number of amides is 1. The third-order valence-corrected chi connectivity index (χ3v) is 4.69. The van der Waals surface area contributed by atoms with Crippen LogP contribution in [0, 0.1) is 0 Å². The van der Waals surface area contributed by atoms with E-state index in [0.717, 1.165) is 24.3 Å². The lowest BCUT2D eigenvalue weighted by Gasteiger charge is -2.13. The molecule has 0 radical (unpaired) electrons. The van der Waals surface area contributed by atoms with Gasteiger partial charge in [0.15, 0.2) is 0 Å². The van der Waals surface area contributed by atoms with Gasteiger partial charge in [-0.05, 0) is 50.3 Å². The van der Waals surface area contributed by atoms with Crippen molar-refractivity contribution < 1.29 is 4.79 Å². The second kappa shape index (κ2) is 9.39. The second-order valence-corrected chi connectivity index (χ2v) is 7.59. The molecule has 6 nitrogen and oxygen atoms in total. The average molecular weight is 392 g/mol. The van der Waals surface area contributed by atoms with Gasteiger partial charge in [0.2, 0.25) is 0 Å². The van der Waals surface area contributed by atoms with Crippen molar-refractivity contribution in [3.05, 3.63) is 77.9 Å². The van der Waals surface area contributed by atoms with Crippen LogP contribution in [0.1, 0.15) is 21.6 Å². The Hall–Kier alpha value is -3.12. The third-order valence-electron chi connectivity index (χ3n) is 4.69.